The van der Waals surface area contributed by atoms with E-state index in [9.17, 15) is 14.0 Å². The third-order valence-electron chi connectivity index (χ3n) is 4.80. The number of nitrogens with zero attached hydrogens (tertiary/aromatic N) is 2. The van der Waals surface area contributed by atoms with E-state index in [4.69, 9.17) is 0 Å². The molecule has 0 atom stereocenters. The molecule has 1 saturated heterocycles. The van der Waals surface area contributed by atoms with Gasteiger partial charge in [-0.25, -0.2) is 9.37 Å². The number of aromatic nitrogens is 1. The van der Waals surface area contributed by atoms with Crippen LogP contribution in [0.5, 0.6) is 0 Å². The van der Waals surface area contributed by atoms with E-state index in [0.29, 0.717) is 30.1 Å². The average Bonchev–Trinajstić information content (AvgIpc) is 3.33. The monoisotopic (exact) mass is 409 g/mol. The lowest BCUT2D eigenvalue weighted by Gasteiger charge is -2.15. The molecule has 2 heterocycles. The van der Waals surface area contributed by atoms with Crippen LogP contribution in [0.15, 0.2) is 54.7 Å². The molecule has 1 aromatic heterocycles. The summed E-state index contributed by atoms with van der Waals surface area (Å²) in [7, 11) is 0. The Bertz CT molecular complexity index is 1030. The molecule has 1 aliphatic heterocycles. The largest absolute Gasteiger partial charge is 0.338 e. The second-order valence-corrected chi connectivity index (χ2v) is 8.12. The molecule has 29 heavy (non-hydrogen) atoms. The SMILES string of the molecule is O=C(Nc1ncc(Cc2ccc(F)cc2)s1)c1cccc(CN2CCCC2=O)c1. The van der Waals surface area contributed by atoms with Gasteiger partial charge in [0, 0.05) is 42.6 Å². The van der Waals surface area contributed by atoms with Gasteiger partial charge in [-0.3, -0.25) is 14.9 Å². The first-order valence-electron chi connectivity index (χ1n) is 9.44. The zero-order valence-electron chi connectivity index (χ0n) is 15.7. The van der Waals surface area contributed by atoms with Crippen molar-refractivity contribution in [3.63, 3.8) is 0 Å². The molecule has 1 aliphatic rings. The highest BCUT2D eigenvalue weighted by Crippen LogP contribution is 2.22. The van der Waals surface area contributed by atoms with E-state index in [2.05, 4.69) is 10.3 Å². The first-order chi connectivity index (χ1) is 14.1. The minimum absolute atomic E-state index is 0.163. The second-order valence-electron chi connectivity index (χ2n) is 7.01. The number of thiazole rings is 1. The normalized spacial score (nSPS) is 13.7. The van der Waals surface area contributed by atoms with Gasteiger partial charge in [-0.05, 0) is 41.8 Å². The van der Waals surface area contributed by atoms with Crippen LogP contribution >= 0.6 is 11.3 Å². The van der Waals surface area contributed by atoms with Gasteiger partial charge >= 0.3 is 0 Å². The lowest BCUT2D eigenvalue weighted by atomic mass is 10.1. The molecule has 0 radical (unpaired) electrons. The van der Waals surface area contributed by atoms with Crippen molar-refractivity contribution in [3.05, 3.63) is 82.1 Å². The molecule has 7 heteroatoms. The summed E-state index contributed by atoms with van der Waals surface area (Å²) in [5, 5.41) is 3.35. The predicted molar refractivity (Wildman–Crippen MR) is 110 cm³/mol. The first kappa shape index (κ1) is 19.3. The zero-order valence-corrected chi connectivity index (χ0v) is 16.5. The van der Waals surface area contributed by atoms with Gasteiger partial charge in [-0.15, -0.1) is 11.3 Å². The van der Waals surface area contributed by atoms with Crippen molar-refractivity contribution in [3.8, 4) is 0 Å². The van der Waals surface area contributed by atoms with Gasteiger partial charge in [0.1, 0.15) is 5.82 Å². The van der Waals surface area contributed by atoms with Crippen molar-refractivity contribution < 1.29 is 14.0 Å². The average molecular weight is 409 g/mol. The zero-order chi connectivity index (χ0) is 20.2. The maximum atomic E-state index is 13.0. The first-order valence-corrected chi connectivity index (χ1v) is 10.3. The molecule has 0 spiro atoms. The van der Waals surface area contributed by atoms with Crippen LogP contribution in [0.4, 0.5) is 9.52 Å². The van der Waals surface area contributed by atoms with Crippen molar-refractivity contribution >= 4 is 28.3 Å². The quantitative estimate of drug-likeness (QED) is 0.662. The predicted octanol–water partition coefficient (Wildman–Crippen LogP) is 4.25. The van der Waals surface area contributed by atoms with Crippen LogP contribution in [0.25, 0.3) is 0 Å². The minimum atomic E-state index is -0.262. The highest BCUT2D eigenvalue weighted by molar-refractivity contribution is 7.15. The summed E-state index contributed by atoms with van der Waals surface area (Å²) < 4.78 is 13.0. The van der Waals surface area contributed by atoms with Crippen molar-refractivity contribution in [2.75, 3.05) is 11.9 Å². The number of rotatable bonds is 6. The highest BCUT2D eigenvalue weighted by Gasteiger charge is 2.20. The van der Waals surface area contributed by atoms with Crippen molar-refractivity contribution in [1.29, 1.82) is 0 Å². The highest BCUT2D eigenvalue weighted by atomic mass is 32.1. The Labute approximate surface area is 172 Å². The Morgan fingerprint density at radius 1 is 1.17 bits per heavy atom. The molecule has 0 unspecified atom stereocenters. The Balaban J connectivity index is 1.39. The van der Waals surface area contributed by atoms with E-state index < -0.39 is 0 Å². The smallest absolute Gasteiger partial charge is 0.257 e. The standard InChI is InChI=1S/C22H20FN3O2S/c23-18-8-6-15(7-9-18)12-19-13-24-22(29-19)25-21(28)17-4-1-3-16(11-17)14-26-10-2-5-20(26)27/h1,3-4,6-9,11,13H,2,5,10,12,14H2,(H,24,25,28). The Kier molecular flexibility index (Phi) is 5.67. The van der Waals surface area contributed by atoms with E-state index in [1.165, 1.54) is 23.5 Å². The van der Waals surface area contributed by atoms with E-state index in [0.717, 1.165) is 29.0 Å². The number of halogens is 1. The van der Waals surface area contributed by atoms with Crippen LogP contribution < -0.4 is 5.32 Å². The Morgan fingerprint density at radius 3 is 2.76 bits per heavy atom. The molecule has 148 valence electrons. The van der Waals surface area contributed by atoms with Crippen LogP contribution in [0.1, 0.15) is 39.2 Å². The molecule has 2 amide bonds. The number of benzene rings is 2. The number of nitrogens with one attached hydrogen (secondary N) is 1. The van der Waals surface area contributed by atoms with Crippen LogP contribution in [-0.2, 0) is 17.8 Å². The summed E-state index contributed by atoms with van der Waals surface area (Å²) in [5.41, 5.74) is 2.45. The maximum Gasteiger partial charge on any atom is 0.257 e. The van der Waals surface area contributed by atoms with Crippen molar-refractivity contribution in [2.24, 2.45) is 0 Å². The fraction of sp³-hybridized carbons (Fsp3) is 0.227. The van der Waals surface area contributed by atoms with E-state index >= 15 is 0 Å². The fourth-order valence-electron chi connectivity index (χ4n) is 3.32. The molecule has 2 aromatic carbocycles. The summed E-state index contributed by atoms with van der Waals surface area (Å²) in [6.45, 7) is 1.30. The van der Waals surface area contributed by atoms with Gasteiger partial charge in [-0.2, -0.15) is 0 Å². The molecule has 3 aromatic rings. The fourth-order valence-corrected chi connectivity index (χ4v) is 4.16. The van der Waals surface area contributed by atoms with Crippen LogP contribution in [0, 0.1) is 5.82 Å². The topological polar surface area (TPSA) is 62.3 Å². The molecule has 0 aliphatic carbocycles. The molecule has 1 N–H and O–H groups in total. The number of anilines is 1. The molecule has 5 nitrogen and oxygen atoms in total. The van der Waals surface area contributed by atoms with E-state index in [-0.39, 0.29) is 17.6 Å². The van der Waals surface area contributed by atoms with Gasteiger partial charge in [0.25, 0.3) is 5.91 Å². The Hall–Kier alpha value is -3.06. The van der Waals surface area contributed by atoms with E-state index in [1.807, 2.05) is 23.1 Å². The summed E-state index contributed by atoms with van der Waals surface area (Å²) in [6.07, 6.45) is 3.85. The van der Waals surface area contributed by atoms with Gasteiger partial charge in [0.15, 0.2) is 5.13 Å². The minimum Gasteiger partial charge on any atom is -0.338 e. The number of amides is 2. The van der Waals surface area contributed by atoms with Crippen LogP contribution in [-0.4, -0.2) is 28.2 Å². The van der Waals surface area contributed by atoms with Gasteiger partial charge in [0.05, 0.1) is 0 Å². The number of carbonyl (C=O) groups excluding carboxylic acids is 2. The third-order valence-corrected chi connectivity index (χ3v) is 5.71. The molecular formula is C22H20FN3O2S. The summed E-state index contributed by atoms with van der Waals surface area (Å²) >= 11 is 1.40. The summed E-state index contributed by atoms with van der Waals surface area (Å²) in [4.78, 5) is 31.5. The number of hydrogen-bond donors (Lipinski definition) is 1. The Morgan fingerprint density at radius 2 is 2.00 bits per heavy atom. The summed E-state index contributed by atoms with van der Waals surface area (Å²) in [5.74, 6) is -0.332. The molecule has 0 bridgehead atoms. The number of hydrogen-bond acceptors (Lipinski definition) is 4. The summed E-state index contributed by atoms with van der Waals surface area (Å²) in [6, 6.07) is 13.7. The van der Waals surface area contributed by atoms with Crippen molar-refractivity contribution in [2.45, 2.75) is 25.8 Å². The number of likely N-dealkylation sites (tertiary alicyclic amines) is 1. The van der Waals surface area contributed by atoms with Crippen LogP contribution in [0.3, 0.4) is 0 Å². The maximum absolute atomic E-state index is 13.0. The molecule has 4 rings (SSSR count). The molecule has 0 saturated carbocycles. The second kappa shape index (κ2) is 8.53. The number of carbonyl (C=O) groups is 2. The van der Waals surface area contributed by atoms with E-state index in [1.54, 1.807) is 24.4 Å². The molecule has 1 fully saturated rings. The third kappa shape index (κ3) is 4.86. The van der Waals surface area contributed by atoms with Crippen molar-refractivity contribution in [1.82, 2.24) is 9.88 Å². The molecular weight excluding hydrogens is 389 g/mol. The van der Waals surface area contributed by atoms with Gasteiger partial charge in [0.2, 0.25) is 5.91 Å². The van der Waals surface area contributed by atoms with Gasteiger partial charge < -0.3 is 4.90 Å². The lowest BCUT2D eigenvalue weighted by molar-refractivity contribution is -0.128. The van der Waals surface area contributed by atoms with Gasteiger partial charge in [-0.1, -0.05) is 24.3 Å². The lowest BCUT2D eigenvalue weighted by Crippen LogP contribution is -2.24. The van der Waals surface area contributed by atoms with Crippen LogP contribution in [0.2, 0.25) is 0 Å².